The lowest BCUT2D eigenvalue weighted by molar-refractivity contribution is 0.161. The minimum Gasteiger partial charge on any atom is -0.493 e. The number of ether oxygens (including phenoxy) is 3. The summed E-state index contributed by atoms with van der Waals surface area (Å²) in [5.41, 5.74) is 2.30. The number of rotatable bonds is 13. The first-order valence-corrected chi connectivity index (χ1v) is 11.1. The van der Waals surface area contributed by atoms with Crippen LogP contribution in [0.2, 0.25) is 0 Å². The molecule has 0 radical (unpaired) electrons. The Hall–Kier alpha value is -1.83. The predicted molar refractivity (Wildman–Crippen MR) is 122 cm³/mol. The van der Waals surface area contributed by atoms with Crippen LogP contribution in [0.15, 0.2) is 23.2 Å². The molecule has 0 aromatic heterocycles. The van der Waals surface area contributed by atoms with Crippen LogP contribution >= 0.6 is 0 Å². The van der Waals surface area contributed by atoms with Gasteiger partial charge in [-0.25, -0.2) is 4.99 Å². The van der Waals surface area contributed by atoms with E-state index in [-0.39, 0.29) is 0 Å². The Balaban J connectivity index is 1.86. The number of nitrogens with one attached hydrogen (secondary N) is 2. The maximum absolute atomic E-state index is 6.15. The summed E-state index contributed by atoms with van der Waals surface area (Å²) in [6, 6.07) is 6.34. The van der Waals surface area contributed by atoms with Crippen molar-refractivity contribution in [1.29, 1.82) is 0 Å². The molecule has 1 aliphatic rings. The molecule has 2 rings (SSSR count). The fraction of sp³-hybridized carbons (Fsp3) is 0.696. The Labute approximate surface area is 182 Å². The fourth-order valence-electron chi connectivity index (χ4n) is 3.27. The summed E-state index contributed by atoms with van der Waals surface area (Å²) in [5, 5.41) is 6.76. The molecule has 7 nitrogen and oxygen atoms in total. The van der Waals surface area contributed by atoms with E-state index in [1.807, 2.05) is 0 Å². The summed E-state index contributed by atoms with van der Waals surface area (Å²) in [4.78, 5) is 7.05. The monoisotopic (exact) mass is 420 g/mol. The van der Waals surface area contributed by atoms with E-state index in [1.54, 1.807) is 7.11 Å². The highest BCUT2D eigenvalue weighted by Crippen LogP contribution is 2.23. The van der Waals surface area contributed by atoms with E-state index in [9.17, 15) is 0 Å². The average molecular weight is 421 g/mol. The second-order valence-electron chi connectivity index (χ2n) is 7.92. The molecule has 2 N–H and O–H groups in total. The summed E-state index contributed by atoms with van der Waals surface area (Å²) in [5.74, 6) is 2.26. The summed E-state index contributed by atoms with van der Waals surface area (Å²) in [6.07, 6.45) is 2.13. The van der Waals surface area contributed by atoms with Crippen LogP contribution in [0.25, 0.3) is 0 Å². The van der Waals surface area contributed by atoms with Crippen molar-refractivity contribution in [2.75, 3.05) is 66.8 Å². The number of hydrogen-bond acceptors (Lipinski definition) is 5. The first kappa shape index (κ1) is 24.4. The van der Waals surface area contributed by atoms with Crippen molar-refractivity contribution < 1.29 is 14.2 Å². The van der Waals surface area contributed by atoms with Crippen LogP contribution < -0.4 is 15.4 Å². The number of guanidine groups is 1. The van der Waals surface area contributed by atoms with Gasteiger partial charge >= 0.3 is 0 Å². The lowest BCUT2D eigenvalue weighted by Crippen LogP contribution is -2.38. The van der Waals surface area contributed by atoms with Crippen LogP contribution in [-0.4, -0.2) is 77.6 Å². The molecule has 0 aliphatic carbocycles. The van der Waals surface area contributed by atoms with Crippen molar-refractivity contribution in [3.63, 3.8) is 0 Å². The Morgan fingerprint density at radius 1 is 1.30 bits per heavy atom. The Bertz CT molecular complexity index is 633. The zero-order valence-electron chi connectivity index (χ0n) is 19.2. The van der Waals surface area contributed by atoms with Gasteiger partial charge in [0, 0.05) is 44.8 Å². The van der Waals surface area contributed by atoms with Crippen molar-refractivity contribution in [1.82, 2.24) is 15.5 Å². The molecule has 1 aromatic carbocycles. The summed E-state index contributed by atoms with van der Waals surface area (Å²) in [7, 11) is 3.86. The normalized spacial score (nSPS) is 16.8. The van der Waals surface area contributed by atoms with Crippen LogP contribution in [0.3, 0.4) is 0 Å². The fourth-order valence-corrected chi connectivity index (χ4v) is 3.27. The van der Waals surface area contributed by atoms with Crippen molar-refractivity contribution >= 4 is 5.96 Å². The Kier molecular flexibility index (Phi) is 11.6. The third kappa shape index (κ3) is 9.32. The van der Waals surface area contributed by atoms with Crippen LogP contribution in [-0.2, 0) is 16.0 Å². The van der Waals surface area contributed by atoms with Gasteiger partial charge in [-0.15, -0.1) is 0 Å². The molecule has 0 saturated carbocycles. The van der Waals surface area contributed by atoms with Crippen molar-refractivity contribution in [2.24, 2.45) is 10.9 Å². The van der Waals surface area contributed by atoms with Gasteiger partial charge in [0.15, 0.2) is 5.96 Å². The molecule has 30 heavy (non-hydrogen) atoms. The van der Waals surface area contributed by atoms with Gasteiger partial charge in [0.1, 0.15) is 5.75 Å². The van der Waals surface area contributed by atoms with Gasteiger partial charge in [0.25, 0.3) is 0 Å². The first-order valence-electron chi connectivity index (χ1n) is 11.1. The number of aryl methyl sites for hydroxylation is 1. The highest BCUT2D eigenvalue weighted by molar-refractivity contribution is 5.79. The molecular formula is C23H40N4O3. The summed E-state index contributed by atoms with van der Waals surface area (Å²) < 4.78 is 16.7. The molecule has 1 aliphatic heterocycles. The highest BCUT2D eigenvalue weighted by Gasteiger charge is 2.17. The molecule has 1 saturated heterocycles. The maximum atomic E-state index is 6.15. The molecule has 0 amide bonds. The number of likely N-dealkylation sites (N-methyl/N-ethyl adjacent to an activating group) is 1. The number of nitrogens with zero attached hydrogens (tertiary/aromatic N) is 2. The van der Waals surface area contributed by atoms with Gasteiger partial charge in [-0.1, -0.05) is 12.1 Å². The van der Waals surface area contributed by atoms with Gasteiger partial charge in [0.05, 0.1) is 26.4 Å². The van der Waals surface area contributed by atoms with E-state index in [4.69, 9.17) is 19.2 Å². The average Bonchev–Trinajstić information content (AvgIpc) is 3.26. The number of aliphatic imine (C=N–C) groups is 1. The highest BCUT2D eigenvalue weighted by atomic mass is 16.5. The first-order chi connectivity index (χ1) is 14.6. The van der Waals surface area contributed by atoms with E-state index < -0.39 is 0 Å². The van der Waals surface area contributed by atoms with E-state index in [2.05, 4.69) is 54.6 Å². The molecule has 1 heterocycles. The summed E-state index contributed by atoms with van der Waals surface area (Å²) in [6.45, 7) is 11.6. The Morgan fingerprint density at radius 2 is 2.17 bits per heavy atom. The van der Waals surface area contributed by atoms with Gasteiger partial charge in [-0.3, -0.25) is 0 Å². The molecule has 0 spiro atoms. The van der Waals surface area contributed by atoms with E-state index in [0.717, 1.165) is 76.1 Å². The topological polar surface area (TPSA) is 67.4 Å². The van der Waals surface area contributed by atoms with Crippen LogP contribution in [0.1, 0.15) is 30.9 Å². The molecule has 1 atom stereocenters. The molecule has 170 valence electrons. The van der Waals surface area contributed by atoms with Gasteiger partial charge in [-0.05, 0) is 51.9 Å². The lowest BCUT2D eigenvalue weighted by Gasteiger charge is -2.17. The molecule has 0 bridgehead atoms. The van der Waals surface area contributed by atoms with Crippen LogP contribution in [0, 0.1) is 12.8 Å². The minimum atomic E-state index is 0.489. The smallest absolute Gasteiger partial charge is 0.191 e. The quantitative estimate of drug-likeness (QED) is 0.290. The minimum absolute atomic E-state index is 0.489. The second-order valence-corrected chi connectivity index (χ2v) is 7.92. The molecule has 1 fully saturated rings. The maximum Gasteiger partial charge on any atom is 0.191 e. The molecular weight excluding hydrogens is 380 g/mol. The number of hydrogen-bond donors (Lipinski definition) is 2. The van der Waals surface area contributed by atoms with Crippen molar-refractivity contribution in [2.45, 2.75) is 33.2 Å². The SMILES string of the molecule is CCNC(=NCc1ccc(C)cc1OCC1CCOC1)NCCCN(C)CCOC. The second kappa shape index (κ2) is 14.2. The molecule has 7 heteroatoms. The van der Waals surface area contributed by atoms with Crippen molar-refractivity contribution in [3.05, 3.63) is 29.3 Å². The largest absolute Gasteiger partial charge is 0.493 e. The Morgan fingerprint density at radius 3 is 2.90 bits per heavy atom. The number of benzene rings is 1. The van der Waals surface area contributed by atoms with E-state index in [1.165, 1.54) is 5.56 Å². The van der Waals surface area contributed by atoms with Crippen molar-refractivity contribution in [3.8, 4) is 5.75 Å². The van der Waals surface area contributed by atoms with Crippen LogP contribution in [0.5, 0.6) is 5.75 Å². The number of methoxy groups -OCH3 is 1. The standard InChI is InChI=1S/C23H40N4O3/c1-5-24-23(25-10-6-11-27(3)12-14-28-4)26-16-21-8-7-19(2)15-22(21)30-18-20-9-13-29-17-20/h7-8,15,20H,5-6,9-14,16-18H2,1-4H3,(H2,24,25,26). The lowest BCUT2D eigenvalue weighted by atomic mass is 10.1. The van der Waals surface area contributed by atoms with E-state index >= 15 is 0 Å². The zero-order valence-corrected chi connectivity index (χ0v) is 19.2. The summed E-state index contributed by atoms with van der Waals surface area (Å²) >= 11 is 0. The van der Waals surface area contributed by atoms with E-state index in [0.29, 0.717) is 19.1 Å². The van der Waals surface area contributed by atoms with Gasteiger partial charge < -0.3 is 29.7 Å². The zero-order chi connectivity index (χ0) is 21.6. The molecule has 1 aromatic rings. The third-order valence-electron chi connectivity index (χ3n) is 5.16. The van der Waals surface area contributed by atoms with Gasteiger partial charge in [-0.2, -0.15) is 0 Å². The van der Waals surface area contributed by atoms with Crippen LogP contribution in [0.4, 0.5) is 0 Å². The molecule has 1 unspecified atom stereocenters. The van der Waals surface area contributed by atoms with Gasteiger partial charge in [0.2, 0.25) is 0 Å². The third-order valence-corrected chi connectivity index (χ3v) is 5.16. The predicted octanol–water partition coefficient (Wildman–Crippen LogP) is 2.43.